The quantitative estimate of drug-likeness (QED) is 0.517. The molecule has 1 amide bonds. The Hall–Kier alpha value is -1.28. The average molecular weight is 213 g/mol. The minimum Gasteiger partial charge on any atom is -0.479 e. The molecule has 0 aromatic rings. The van der Waals surface area contributed by atoms with Crippen molar-refractivity contribution in [2.45, 2.75) is 32.6 Å². The summed E-state index contributed by atoms with van der Waals surface area (Å²) in [6, 6.07) is -1.08. The molecule has 0 heterocycles. The first kappa shape index (κ1) is 12.7. The lowest BCUT2D eigenvalue weighted by Gasteiger charge is -2.08. The third-order valence-electron chi connectivity index (χ3n) is 1.19. The van der Waals surface area contributed by atoms with Crippen molar-refractivity contribution >= 4 is 20.0 Å². The second-order valence-corrected chi connectivity index (χ2v) is 8.74. The molecule has 2 N–H and O–H groups in total. The molecule has 0 aromatic heterocycles. The zero-order chi connectivity index (χ0) is 11.4. The Kier molecular flexibility index (Phi) is 4.37. The number of carboxylic acids is 1. The van der Waals surface area contributed by atoms with Gasteiger partial charge in [-0.1, -0.05) is 25.6 Å². The van der Waals surface area contributed by atoms with Gasteiger partial charge >= 0.3 is 5.97 Å². The van der Waals surface area contributed by atoms with Gasteiger partial charge in [0.25, 0.3) is 0 Å². The lowest BCUT2D eigenvalue weighted by atomic mass is 10.3. The van der Waals surface area contributed by atoms with Crippen molar-refractivity contribution < 1.29 is 14.7 Å². The fraction of sp³-hybridized carbons (Fsp3) is 0.556. The summed E-state index contributed by atoms with van der Waals surface area (Å²) >= 11 is 0. The van der Waals surface area contributed by atoms with Gasteiger partial charge in [-0.05, 0) is 0 Å². The van der Waals surface area contributed by atoms with Gasteiger partial charge in [-0.3, -0.25) is 4.79 Å². The molecule has 4 nitrogen and oxygen atoms in total. The van der Waals surface area contributed by atoms with Crippen molar-refractivity contribution in [3.63, 3.8) is 0 Å². The molecule has 78 valence electrons. The van der Waals surface area contributed by atoms with Crippen LogP contribution in [-0.4, -0.2) is 31.1 Å². The van der Waals surface area contributed by atoms with E-state index in [1.807, 2.05) is 19.6 Å². The smallest absolute Gasteiger partial charge is 0.338 e. The SMILES string of the molecule is CC(=O)NC(C#C[Si](C)(C)C)C(=O)O. The van der Waals surface area contributed by atoms with Crippen LogP contribution >= 0.6 is 0 Å². The molecule has 0 aliphatic rings. The Balaban J connectivity index is 4.59. The average Bonchev–Trinajstić information content (AvgIpc) is 1.94. The highest BCUT2D eigenvalue weighted by Crippen LogP contribution is 1.96. The highest BCUT2D eigenvalue weighted by molar-refractivity contribution is 6.83. The molecule has 0 saturated carbocycles. The second kappa shape index (κ2) is 4.82. The van der Waals surface area contributed by atoms with E-state index >= 15 is 0 Å². The van der Waals surface area contributed by atoms with Gasteiger partial charge in [0.2, 0.25) is 5.91 Å². The third-order valence-corrected chi connectivity index (χ3v) is 2.08. The van der Waals surface area contributed by atoms with Gasteiger partial charge in [-0.15, -0.1) is 5.54 Å². The highest BCUT2D eigenvalue weighted by atomic mass is 28.3. The van der Waals surface area contributed by atoms with Crippen LogP contribution in [0.1, 0.15) is 6.92 Å². The number of rotatable bonds is 2. The molecular formula is C9H15NO3Si. The standard InChI is InChI=1S/C9H15NO3Si/c1-7(11)10-8(9(12)13)5-6-14(2,3)4/h8H,1-4H3,(H,10,11)(H,12,13). The van der Waals surface area contributed by atoms with E-state index in [2.05, 4.69) is 16.8 Å². The third kappa shape index (κ3) is 6.26. The van der Waals surface area contributed by atoms with Gasteiger partial charge in [0.15, 0.2) is 6.04 Å². The van der Waals surface area contributed by atoms with Crippen LogP contribution in [0.3, 0.4) is 0 Å². The lowest BCUT2D eigenvalue weighted by Crippen LogP contribution is -2.38. The van der Waals surface area contributed by atoms with Crippen LogP contribution in [0.25, 0.3) is 0 Å². The van der Waals surface area contributed by atoms with E-state index in [1.54, 1.807) is 0 Å². The number of hydrogen-bond donors (Lipinski definition) is 2. The van der Waals surface area contributed by atoms with E-state index in [0.717, 1.165) is 0 Å². The van der Waals surface area contributed by atoms with Crippen LogP contribution in [0.2, 0.25) is 19.6 Å². The number of hydrogen-bond acceptors (Lipinski definition) is 2. The number of amides is 1. The summed E-state index contributed by atoms with van der Waals surface area (Å²) in [7, 11) is -1.59. The molecule has 14 heavy (non-hydrogen) atoms. The molecule has 0 aliphatic heterocycles. The number of aliphatic carboxylic acids is 1. The summed E-state index contributed by atoms with van der Waals surface area (Å²) in [4.78, 5) is 21.3. The summed E-state index contributed by atoms with van der Waals surface area (Å²) in [6.07, 6.45) is 0. The minimum atomic E-state index is -1.59. The van der Waals surface area contributed by atoms with Crippen molar-refractivity contribution in [2.24, 2.45) is 0 Å². The Bertz CT molecular complexity index is 295. The van der Waals surface area contributed by atoms with E-state index in [0.29, 0.717) is 0 Å². The van der Waals surface area contributed by atoms with Gasteiger partial charge in [0, 0.05) is 6.92 Å². The Morgan fingerprint density at radius 1 is 1.36 bits per heavy atom. The maximum atomic E-state index is 10.7. The van der Waals surface area contributed by atoms with Crippen LogP contribution in [0.15, 0.2) is 0 Å². The molecular weight excluding hydrogens is 198 g/mol. The molecule has 1 unspecified atom stereocenters. The Labute approximate surface area is 84.7 Å². The Morgan fingerprint density at radius 2 is 1.86 bits per heavy atom. The summed E-state index contributed by atoms with van der Waals surface area (Å²) in [5.74, 6) is 1.06. The molecule has 0 radical (unpaired) electrons. The van der Waals surface area contributed by atoms with Crippen molar-refractivity contribution in [3.8, 4) is 11.5 Å². The molecule has 1 atom stereocenters. The monoisotopic (exact) mass is 213 g/mol. The van der Waals surface area contributed by atoms with Gasteiger partial charge in [0.1, 0.15) is 8.07 Å². The second-order valence-electron chi connectivity index (χ2n) is 3.99. The zero-order valence-corrected chi connectivity index (χ0v) is 9.84. The zero-order valence-electron chi connectivity index (χ0n) is 8.84. The van der Waals surface area contributed by atoms with E-state index in [1.165, 1.54) is 6.92 Å². The van der Waals surface area contributed by atoms with Gasteiger partial charge < -0.3 is 10.4 Å². The van der Waals surface area contributed by atoms with Gasteiger partial charge in [-0.25, -0.2) is 4.79 Å². The largest absolute Gasteiger partial charge is 0.479 e. The summed E-state index contributed by atoms with van der Waals surface area (Å²) < 4.78 is 0. The van der Waals surface area contributed by atoms with E-state index < -0.39 is 20.1 Å². The number of nitrogens with one attached hydrogen (secondary N) is 1. The van der Waals surface area contributed by atoms with E-state index in [-0.39, 0.29) is 5.91 Å². The van der Waals surface area contributed by atoms with Crippen LogP contribution in [0.4, 0.5) is 0 Å². The minimum absolute atomic E-state index is 0.387. The number of carboxylic acid groups (broad SMARTS) is 1. The predicted molar refractivity (Wildman–Crippen MR) is 56.4 cm³/mol. The fourth-order valence-electron chi connectivity index (χ4n) is 0.651. The summed E-state index contributed by atoms with van der Waals surface area (Å²) in [5.41, 5.74) is 2.90. The topological polar surface area (TPSA) is 66.4 Å². The van der Waals surface area contributed by atoms with Crippen LogP contribution in [0.5, 0.6) is 0 Å². The van der Waals surface area contributed by atoms with Crippen molar-refractivity contribution in [3.05, 3.63) is 0 Å². The van der Waals surface area contributed by atoms with Crippen molar-refractivity contribution in [1.29, 1.82) is 0 Å². The molecule has 0 aromatic carbocycles. The number of carbonyl (C=O) groups is 2. The summed E-state index contributed by atoms with van der Waals surface area (Å²) in [6.45, 7) is 7.29. The van der Waals surface area contributed by atoms with Crippen molar-refractivity contribution in [1.82, 2.24) is 5.32 Å². The van der Waals surface area contributed by atoms with Crippen LogP contribution < -0.4 is 5.32 Å². The maximum Gasteiger partial charge on any atom is 0.338 e. The summed E-state index contributed by atoms with van der Waals surface area (Å²) in [5, 5.41) is 11.0. The van der Waals surface area contributed by atoms with Gasteiger partial charge in [0.05, 0.1) is 0 Å². The molecule has 0 bridgehead atoms. The molecule has 0 rings (SSSR count). The van der Waals surface area contributed by atoms with E-state index in [4.69, 9.17) is 5.11 Å². The highest BCUT2D eigenvalue weighted by Gasteiger charge is 2.16. The molecule has 5 heteroatoms. The fourth-order valence-corrected chi connectivity index (χ4v) is 1.23. The number of carbonyl (C=O) groups excluding carboxylic acids is 1. The first-order valence-electron chi connectivity index (χ1n) is 4.25. The Morgan fingerprint density at radius 3 is 2.14 bits per heavy atom. The predicted octanol–water partition coefficient (Wildman–Crippen LogP) is 0.456. The first-order valence-corrected chi connectivity index (χ1v) is 7.75. The molecule has 0 saturated heterocycles. The molecule has 0 fully saturated rings. The van der Waals surface area contributed by atoms with Crippen LogP contribution in [-0.2, 0) is 9.59 Å². The molecule has 0 spiro atoms. The normalized spacial score (nSPS) is 12.3. The van der Waals surface area contributed by atoms with Crippen LogP contribution in [0, 0.1) is 11.5 Å². The first-order chi connectivity index (χ1) is 6.22. The maximum absolute atomic E-state index is 10.7. The lowest BCUT2D eigenvalue weighted by molar-refractivity contribution is -0.139. The van der Waals surface area contributed by atoms with Crippen molar-refractivity contribution in [2.75, 3.05) is 0 Å². The van der Waals surface area contributed by atoms with E-state index in [9.17, 15) is 9.59 Å². The van der Waals surface area contributed by atoms with Gasteiger partial charge in [-0.2, -0.15) is 0 Å². The molecule has 0 aliphatic carbocycles.